The summed E-state index contributed by atoms with van der Waals surface area (Å²) in [5, 5.41) is 0. The Morgan fingerprint density at radius 2 is 2.33 bits per heavy atom. The molecule has 0 radical (unpaired) electrons. The molecule has 0 N–H and O–H groups in total. The molecule has 0 aliphatic heterocycles. The highest BCUT2D eigenvalue weighted by Gasteiger charge is 1.95. The third kappa shape index (κ3) is 1.85. The van der Waals surface area contributed by atoms with Crippen LogP contribution in [0.1, 0.15) is 6.92 Å². The van der Waals surface area contributed by atoms with Gasteiger partial charge in [-0.25, -0.2) is 0 Å². The molecule has 0 aromatic heterocycles. The number of hydrogen-bond donors (Lipinski definition) is 0. The molecule has 34 valence electrons. The van der Waals surface area contributed by atoms with Crippen LogP contribution in [-0.4, -0.2) is 7.11 Å². The first-order valence-corrected chi connectivity index (χ1v) is 1.81. The zero-order chi connectivity index (χ0) is 4.99. The van der Waals surface area contributed by atoms with E-state index in [0.29, 0.717) is 0 Å². The quantitative estimate of drug-likeness (QED) is 0.460. The molecule has 0 rings (SSSR count). The standard InChI is InChI=1S/C5H9O/c1-4-5(2)6-3/h4H,1H2,2-3H3/q+1. The molecule has 1 nitrogen and oxygen atoms in total. The zero-order valence-electron chi connectivity index (χ0n) is 4.19. The lowest BCUT2D eigenvalue weighted by atomic mass is 10.4. The molecule has 0 bridgehead atoms. The predicted octanol–water partition coefficient (Wildman–Crippen LogP) is 1.37. The maximum atomic E-state index is 4.70. The monoisotopic (exact) mass is 85.1 g/mol. The molecule has 0 saturated heterocycles. The second kappa shape index (κ2) is 2.79. The van der Waals surface area contributed by atoms with Gasteiger partial charge in [-0.2, -0.15) is 0 Å². The average Bonchev–Trinajstić information content (AvgIpc) is 1.65. The summed E-state index contributed by atoms with van der Waals surface area (Å²) in [6.45, 7) is 5.32. The van der Waals surface area contributed by atoms with E-state index in [4.69, 9.17) is 4.74 Å². The molecule has 0 aliphatic rings. The molecule has 0 amide bonds. The van der Waals surface area contributed by atoms with Crippen molar-refractivity contribution in [2.45, 2.75) is 6.92 Å². The van der Waals surface area contributed by atoms with Gasteiger partial charge in [0.1, 0.15) is 6.08 Å². The van der Waals surface area contributed by atoms with Crippen LogP contribution in [-0.2, 0) is 4.74 Å². The summed E-state index contributed by atoms with van der Waals surface area (Å²) in [7, 11) is 1.62. The van der Waals surface area contributed by atoms with Crippen molar-refractivity contribution in [2.75, 3.05) is 7.11 Å². The van der Waals surface area contributed by atoms with Gasteiger partial charge in [-0.3, -0.25) is 4.74 Å². The summed E-state index contributed by atoms with van der Waals surface area (Å²) in [6.07, 6.45) is 2.52. The molecule has 0 spiro atoms. The summed E-state index contributed by atoms with van der Waals surface area (Å²) in [4.78, 5) is 0. The topological polar surface area (TPSA) is 9.23 Å². The molecule has 0 unspecified atom stereocenters. The number of hydrogen-bond acceptors (Lipinski definition) is 1. The van der Waals surface area contributed by atoms with Crippen molar-refractivity contribution in [3.8, 4) is 0 Å². The van der Waals surface area contributed by atoms with Gasteiger partial charge in [0.05, 0.1) is 14.0 Å². The lowest BCUT2D eigenvalue weighted by Gasteiger charge is -1.86. The molecule has 0 aromatic carbocycles. The average molecular weight is 85.1 g/mol. The summed E-state index contributed by atoms with van der Waals surface area (Å²) in [6, 6.07) is 0. The third-order valence-corrected chi connectivity index (χ3v) is 0.609. The summed E-state index contributed by atoms with van der Waals surface area (Å²) < 4.78 is 4.70. The van der Waals surface area contributed by atoms with Crippen LogP contribution in [0.4, 0.5) is 0 Å². The van der Waals surface area contributed by atoms with Gasteiger partial charge < -0.3 is 0 Å². The normalized spacial score (nSPS) is 7.67. The second-order valence-corrected chi connectivity index (χ2v) is 1.02. The van der Waals surface area contributed by atoms with E-state index in [-0.39, 0.29) is 0 Å². The minimum absolute atomic E-state index is 0.856. The number of ether oxygens (including phenoxy) is 1. The Bertz CT molecular complexity index is 41.2. The van der Waals surface area contributed by atoms with Crippen molar-refractivity contribution in [2.24, 2.45) is 0 Å². The van der Waals surface area contributed by atoms with Gasteiger partial charge in [0.2, 0.25) is 0 Å². The summed E-state index contributed by atoms with van der Waals surface area (Å²) in [5.41, 5.74) is 0. The first kappa shape index (κ1) is 5.57. The Morgan fingerprint density at radius 3 is 2.33 bits per heavy atom. The van der Waals surface area contributed by atoms with Gasteiger partial charge in [0.15, 0.2) is 6.10 Å². The van der Waals surface area contributed by atoms with Crippen LogP contribution in [0.15, 0.2) is 12.7 Å². The fourth-order valence-corrected chi connectivity index (χ4v) is 0.0833. The number of rotatable bonds is 2. The van der Waals surface area contributed by atoms with E-state index in [1.165, 1.54) is 0 Å². The van der Waals surface area contributed by atoms with Gasteiger partial charge in [0, 0.05) is 6.58 Å². The molecule has 0 heterocycles. The van der Waals surface area contributed by atoms with Crippen LogP contribution in [0.5, 0.6) is 0 Å². The van der Waals surface area contributed by atoms with Gasteiger partial charge >= 0.3 is 0 Å². The Balaban J connectivity index is 2.96. The van der Waals surface area contributed by atoms with Crippen LogP contribution in [0, 0.1) is 6.10 Å². The molecule has 0 aliphatic carbocycles. The van der Waals surface area contributed by atoms with Crippen LogP contribution in [0.2, 0.25) is 0 Å². The molecule has 1 heteroatoms. The third-order valence-electron chi connectivity index (χ3n) is 0.609. The first-order valence-electron chi connectivity index (χ1n) is 1.81. The van der Waals surface area contributed by atoms with Gasteiger partial charge in [-0.05, 0) is 0 Å². The molecule has 0 fully saturated rings. The van der Waals surface area contributed by atoms with Crippen molar-refractivity contribution in [1.82, 2.24) is 0 Å². The maximum absolute atomic E-state index is 4.70. The van der Waals surface area contributed by atoms with Crippen LogP contribution >= 0.6 is 0 Å². The summed E-state index contributed by atoms with van der Waals surface area (Å²) >= 11 is 0. The predicted molar refractivity (Wildman–Crippen MR) is 26.1 cm³/mol. The van der Waals surface area contributed by atoms with E-state index < -0.39 is 0 Å². The minimum Gasteiger partial charge on any atom is -0.264 e. The van der Waals surface area contributed by atoms with E-state index in [1.807, 2.05) is 6.92 Å². The van der Waals surface area contributed by atoms with Crippen molar-refractivity contribution >= 4 is 0 Å². The van der Waals surface area contributed by atoms with E-state index in [1.54, 1.807) is 13.2 Å². The highest BCUT2D eigenvalue weighted by Crippen LogP contribution is 1.95. The Labute approximate surface area is 38.6 Å². The van der Waals surface area contributed by atoms with E-state index in [0.717, 1.165) is 6.10 Å². The minimum atomic E-state index is 0.856. The van der Waals surface area contributed by atoms with Crippen LogP contribution in [0.25, 0.3) is 0 Å². The van der Waals surface area contributed by atoms with E-state index in [2.05, 4.69) is 6.58 Å². The van der Waals surface area contributed by atoms with Crippen molar-refractivity contribution in [3.05, 3.63) is 18.8 Å². The van der Waals surface area contributed by atoms with E-state index in [9.17, 15) is 0 Å². The SMILES string of the molecule is C=C[C+](C)OC. The Kier molecular flexibility index (Phi) is 2.59. The molecule has 6 heavy (non-hydrogen) atoms. The second-order valence-electron chi connectivity index (χ2n) is 1.02. The lowest BCUT2D eigenvalue weighted by Crippen LogP contribution is -1.85. The fourth-order valence-electron chi connectivity index (χ4n) is 0.0833. The smallest absolute Gasteiger partial charge is 0.180 e. The van der Waals surface area contributed by atoms with Gasteiger partial charge in [-0.15, -0.1) is 0 Å². The summed E-state index contributed by atoms with van der Waals surface area (Å²) in [5.74, 6) is 0. The zero-order valence-corrected chi connectivity index (χ0v) is 4.19. The number of methoxy groups -OCH3 is 1. The van der Waals surface area contributed by atoms with Crippen LogP contribution < -0.4 is 0 Å². The van der Waals surface area contributed by atoms with E-state index >= 15 is 0 Å². The molecule has 0 saturated carbocycles. The van der Waals surface area contributed by atoms with Gasteiger partial charge in [0.25, 0.3) is 0 Å². The first-order chi connectivity index (χ1) is 2.81. The molecule has 0 aromatic rings. The van der Waals surface area contributed by atoms with Crippen molar-refractivity contribution < 1.29 is 4.74 Å². The van der Waals surface area contributed by atoms with Crippen LogP contribution in [0.3, 0.4) is 0 Å². The van der Waals surface area contributed by atoms with Gasteiger partial charge in [-0.1, -0.05) is 0 Å². The lowest BCUT2D eigenvalue weighted by molar-refractivity contribution is 0.241. The molecule has 0 atom stereocenters. The molecular weight excluding hydrogens is 76.1 g/mol. The largest absolute Gasteiger partial charge is 0.264 e. The maximum Gasteiger partial charge on any atom is 0.180 e. The Hall–Kier alpha value is -0.430. The van der Waals surface area contributed by atoms with Crippen molar-refractivity contribution in [3.63, 3.8) is 0 Å². The highest BCUT2D eigenvalue weighted by atomic mass is 16.5. The fraction of sp³-hybridized carbons (Fsp3) is 0.400. The molecular formula is C5H9O+. The Morgan fingerprint density at radius 1 is 1.83 bits per heavy atom. The highest BCUT2D eigenvalue weighted by molar-refractivity contribution is 4.92. The van der Waals surface area contributed by atoms with Crippen molar-refractivity contribution in [1.29, 1.82) is 0 Å².